The van der Waals surface area contributed by atoms with Crippen LogP contribution in [0, 0.1) is 0 Å². The number of amides is 1. The molecule has 0 spiro atoms. The Morgan fingerprint density at radius 1 is 1.43 bits per heavy atom. The fraction of sp³-hybridized carbons (Fsp3) is 0.611. The van der Waals surface area contributed by atoms with Gasteiger partial charge in [-0.1, -0.05) is 36.3 Å². The standard InChI is InChI=1S/C18H29NO4/c1-5-7-13(2)8-6-9-14(3)12-16(21)17(22)19-11-10-15(20)18(19)23-4/h6-8,12,15-16,18,20-21H,5,9-11H2,1-4H3/b8-6+,13-7+,14-12+/t15-,16+,18-/m0/s1. The van der Waals surface area contributed by atoms with Crippen LogP contribution in [0.15, 0.2) is 35.5 Å². The molecule has 0 aromatic rings. The van der Waals surface area contributed by atoms with E-state index in [2.05, 4.69) is 13.0 Å². The second kappa shape index (κ2) is 9.65. The summed E-state index contributed by atoms with van der Waals surface area (Å²) in [5.74, 6) is -0.432. The molecular weight excluding hydrogens is 294 g/mol. The van der Waals surface area contributed by atoms with Crippen LogP contribution >= 0.6 is 0 Å². The van der Waals surface area contributed by atoms with Crippen molar-refractivity contribution in [1.29, 1.82) is 0 Å². The van der Waals surface area contributed by atoms with Crippen LogP contribution in [-0.2, 0) is 9.53 Å². The van der Waals surface area contributed by atoms with Crippen LogP contribution in [0.25, 0.3) is 0 Å². The maximum atomic E-state index is 12.3. The summed E-state index contributed by atoms with van der Waals surface area (Å²) in [6.45, 7) is 6.41. The Morgan fingerprint density at radius 2 is 2.13 bits per heavy atom. The van der Waals surface area contributed by atoms with E-state index in [1.54, 1.807) is 6.08 Å². The number of methoxy groups -OCH3 is 1. The Kier molecular flexibility index (Phi) is 8.23. The number of aliphatic hydroxyl groups is 2. The summed E-state index contributed by atoms with van der Waals surface area (Å²) in [6.07, 6.45) is 7.31. The van der Waals surface area contributed by atoms with Crippen molar-refractivity contribution in [3.8, 4) is 0 Å². The third kappa shape index (κ3) is 5.94. The van der Waals surface area contributed by atoms with Crippen LogP contribution in [0.4, 0.5) is 0 Å². The molecule has 5 nitrogen and oxygen atoms in total. The van der Waals surface area contributed by atoms with E-state index in [1.165, 1.54) is 17.6 Å². The van der Waals surface area contributed by atoms with Gasteiger partial charge in [-0.05, 0) is 39.2 Å². The molecule has 0 unspecified atom stereocenters. The van der Waals surface area contributed by atoms with Gasteiger partial charge >= 0.3 is 0 Å². The quantitative estimate of drug-likeness (QED) is 0.556. The van der Waals surface area contributed by atoms with Gasteiger partial charge in [0.15, 0.2) is 12.3 Å². The predicted octanol–water partition coefficient (Wildman–Crippen LogP) is 2.16. The van der Waals surface area contributed by atoms with E-state index in [9.17, 15) is 15.0 Å². The van der Waals surface area contributed by atoms with Gasteiger partial charge in [0.25, 0.3) is 5.91 Å². The number of likely N-dealkylation sites (tertiary alicyclic amines) is 1. The molecule has 23 heavy (non-hydrogen) atoms. The number of aliphatic hydroxyl groups excluding tert-OH is 2. The van der Waals surface area contributed by atoms with E-state index in [0.29, 0.717) is 19.4 Å². The molecule has 130 valence electrons. The van der Waals surface area contributed by atoms with E-state index >= 15 is 0 Å². The van der Waals surface area contributed by atoms with Crippen LogP contribution in [0.3, 0.4) is 0 Å². The Hall–Kier alpha value is -1.43. The number of carbonyl (C=O) groups excluding carboxylic acids is 1. The zero-order valence-corrected chi connectivity index (χ0v) is 14.5. The molecule has 0 aromatic heterocycles. The lowest BCUT2D eigenvalue weighted by atomic mass is 10.1. The third-order valence-corrected chi connectivity index (χ3v) is 3.87. The molecule has 1 rings (SSSR count). The number of nitrogens with zero attached hydrogens (tertiary/aromatic N) is 1. The minimum atomic E-state index is -1.21. The Bertz CT molecular complexity index is 481. The molecule has 1 amide bonds. The maximum absolute atomic E-state index is 12.3. The number of carbonyl (C=O) groups is 1. The lowest BCUT2D eigenvalue weighted by Gasteiger charge is -2.26. The summed E-state index contributed by atoms with van der Waals surface area (Å²) in [7, 11) is 1.45. The highest BCUT2D eigenvalue weighted by Gasteiger charge is 2.37. The minimum absolute atomic E-state index is 0.392. The van der Waals surface area contributed by atoms with Crippen LogP contribution in [0.1, 0.15) is 40.0 Å². The van der Waals surface area contributed by atoms with Gasteiger partial charge < -0.3 is 19.8 Å². The number of hydrogen-bond donors (Lipinski definition) is 2. The molecule has 0 aliphatic carbocycles. The van der Waals surface area contributed by atoms with Crippen molar-refractivity contribution < 1.29 is 19.7 Å². The molecule has 0 radical (unpaired) electrons. The molecule has 1 aliphatic rings. The van der Waals surface area contributed by atoms with Gasteiger partial charge in [-0.3, -0.25) is 4.79 Å². The topological polar surface area (TPSA) is 70.0 Å². The van der Waals surface area contributed by atoms with Crippen molar-refractivity contribution in [2.24, 2.45) is 0 Å². The average molecular weight is 323 g/mol. The van der Waals surface area contributed by atoms with Gasteiger partial charge in [-0.15, -0.1) is 0 Å². The first-order chi connectivity index (χ1) is 10.9. The lowest BCUT2D eigenvalue weighted by molar-refractivity contribution is -0.151. The van der Waals surface area contributed by atoms with Crippen molar-refractivity contribution in [1.82, 2.24) is 4.90 Å². The molecule has 1 heterocycles. The highest BCUT2D eigenvalue weighted by molar-refractivity contribution is 5.83. The summed E-state index contributed by atoms with van der Waals surface area (Å²) < 4.78 is 5.13. The van der Waals surface area contributed by atoms with E-state index in [4.69, 9.17) is 4.74 Å². The molecule has 2 N–H and O–H groups in total. The zero-order chi connectivity index (χ0) is 17.4. The Morgan fingerprint density at radius 3 is 2.74 bits per heavy atom. The number of allylic oxidation sites excluding steroid dienone is 5. The molecule has 3 atom stereocenters. The van der Waals surface area contributed by atoms with Gasteiger partial charge in [-0.2, -0.15) is 0 Å². The summed E-state index contributed by atoms with van der Waals surface area (Å²) in [5, 5.41) is 19.9. The predicted molar refractivity (Wildman–Crippen MR) is 90.7 cm³/mol. The second-order valence-electron chi connectivity index (χ2n) is 5.93. The third-order valence-electron chi connectivity index (χ3n) is 3.87. The summed E-state index contributed by atoms with van der Waals surface area (Å²) >= 11 is 0. The molecule has 1 saturated heterocycles. The second-order valence-corrected chi connectivity index (χ2v) is 5.93. The van der Waals surface area contributed by atoms with E-state index in [0.717, 1.165) is 12.0 Å². The van der Waals surface area contributed by atoms with Crippen LogP contribution in [-0.4, -0.2) is 53.1 Å². The SMILES string of the molecule is CC/C=C(C)/C=C/C/C(C)=C/[C@@H](O)C(=O)N1CC[C@H](O)[C@@H]1OC. The smallest absolute Gasteiger partial charge is 0.257 e. The molecular formula is C18H29NO4. The molecule has 0 aromatic carbocycles. The van der Waals surface area contributed by atoms with E-state index < -0.39 is 24.3 Å². The van der Waals surface area contributed by atoms with Gasteiger partial charge in [0.2, 0.25) is 0 Å². The number of rotatable bonds is 7. The van der Waals surface area contributed by atoms with Gasteiger partial charge in [-0.25, -0.2) is 0 Å². The van der Waals surface area contributed by atoms with Gasteiger partial charge in [0, 0.05) is 13.7 Å². The van der Waals surface area contributed by atoms with E-state index in [1.807, 2.05) is 26.0 Å². The number of hydrogen-bond acceptors (Lipinski definition) is 4. The summed E-state index contributed by atoms with van der Waals surface area (Å²) in [4.78, 5) is 13.7. The largest absolute Gasteiger partial charge is 0.388 e. The van der Waals surface area contributed by atoms with E-state index in [-0.39, 0.29) is 0 Å². The first kappa shape index (κ1) is 19.6. The highest BCUT2D eigenvalue weighted by Crippen LogP contribution is 2.20. The first-order valence-corrected chi connectivity index (χ1v) is 8.10. The van der Waals surface area contributed by atoms with Crippen molar-refractivity contribution in [3.05, 3.63) is 35.5 Å². The fourth-order valence-electron chi connectivity index (χ4n) is 2.67. The van der Waals surface area contributed by atoms with Crippen molar-refractivity contribution in [3.63, 3.8) is 0 Å². The molecule has 5 heteroatoms. The average Bonchev–Trinajstić information content (AvgIpc) is 2.87. The van der Waals surface area contributed by atoms with Crippen LogP contribution in [0.5, 0.6) is 0 Å². The highest BCUT2D eigenvalue weighted by atomic mass is 16.5. The Balaban J connectivity index is 2.61. The normalized spacial score (nSPS) is 24.5. The summed E-state index contributed by atoms with van der Waals surface area (Å²) in [5.41, 5.74) is 2.12. The minimum Gasteiger partial charge on any atom is -0.388 e. The molecule has 0 saturated carbocycles. The van der Waals surface area contributed by atoms with Crippen molar-refractivity contribution in [2.75, 3.05) is 13.7 Å². The Labute approximate surface area is 138 Å². The fourth-order valence-corrected chi connectivity index (χ4v) is 2.67. The summed E-state index contributed by atoms with van der Waals surface area (Å²) in [6, 6.07) is 0. The molecule has 1 aliphatic heterocycles. The lowest BCUT2D eigenvalue weighted by Crippen LogP contribution is -2.45. The van der Waals surface area contributed by atoms with Crippen LogP contribution < -0.4 is 0 Å². The van der Waals surface area contributed by atoms with Gasteiger partial charge in [0.05, 0.1) is 0 Å². The zero-order valence-electron chi connectivity index (χ0n) is 14.5. The first-order valence-electron chi connectivity index (χ1n) is 8.10. The van der Waals surface area contributed by atoms with Crippen LogP contribution in [0.2, 0.25) is 0 Å². The molecule has 0 bridgehead atoms. The van der Waals surface area contributed by atoms with Crippen molar-refractivity contribution in [2.45, 2.75) is 58.5 Å². The monoisotopic (exact) mass is 323 g/mol. The van der Waals surface area contributed by atoms with Crippen molar-refractivity contribution >= 4 is 5.91 Å². The maximum Gasteiger partial charge on any atom is 0.257 e. The number of ether oxygens (including phenoxy) is 1. The molecule has 1 fully saturated rings. The van der Waals surface area contributed by atoms with Gasteiger partial charge in [0.1, 0.15) is 6.10 Å².